The van der Waals surface area contributed by atoms with Gasteiger partial charge in [-0.15, -0.1) is 0 Å². The van der Waals surface area contributed by atoms with E-state index in [1.54, 1.807) is 18.2 Å². The molecule has 0 fully saturated rings. The van der Waals surface area contributed by atoms with Crippen LogP contribution >= 0.6 is 15.9 Å². The van der Waals surface area contributed by atoms with Gasteiger partial charge in [0.25, 0.3) is 0 Å². The molecule has 2 N–H and O–H groups in total. The van der Waals surface area contributed by atoms with Crippen LogP contribution < -0.4 is 10.1 Å². The Labute approximate surface area is 107 Å². The third-order valence-corrected chi connectivity index (χ3v) is 2.45. The number of Topliss-reactive ketones (excluding diaryl/α,β-unsaturated/α-hetero) is 1. The number of hydrogen-bond acceptors (Lipinski definition) is 3. The van der Waals surface area contributed by atoms with Crippen LogP contribution in [0.5, 0.6) is 5.75 Å². The third-order valence-electron chi connectivity index (χ3n) is 1.96. The average Bonchev–Trinajstić information content (AvgIpc) is 2.23. The summed E-state index contributed by atoms with van der Waals surface area (Å²) in [4.78, 5) is 21.5. The van der Waals surface area contributed by atoms with Crippen LogP contribution in [0.25, 0.3) is 0 Å². The molecule has 0 aromatic heterocycles. The molecule has 0 spiro atoms. The van der Waals surface area contributed by atoms with Crippen LogP contribution in [-0.2, 0) is 0 Å². The van der Waals surface area contributed by atoms with Crippen LogP contribution in [0.4, 0.5) is 4.79 Å². The Bertz CT molecular complexity index is 433. The number of nitrogens with one attached hydrogen (secondary N) is 1. The smallest absolute Gasteiger partial charge is 0.404 e. The summed E-state index contributed by atoms with van der Waals surface area (Å²) in [5.74, 6) is 0.345. The quantitative estimate of drug-likeness (QED) is 0.646. The van der Waals surface area contributed by atoms with Gasteiger partial charge in [-0.2, -0.15) is 0 Å². The summed E-state index contributed by atoms with van der Waals surface area (Å²) in [6.45, 7) is 1.79. The molecular formula is C11H12BrNO4. The number of amides is 1. The minimum absolute atomic E-state index is 0.0984. The molecule has 0 radical (unpaired) electrons. The van der Waals surface area contributed by atoms with E-state index in [1.807, 2.05) is 0 Å². The Hall–Kier alpha value is -1.56. The lowest BCUT2D eigenvalue weighted by Crippen LogP contribution is -2.26. The lowest BCUT2D eigenvalue weighted by atomic mass is 10.1. The Balaban J connectivity index is 2.65. The summed E-state index contributed by atoms with van der Waals surface area (Å²) in [5, 5.41) is 10.5. The minimum Gasteiger partial charge on any atom is -0.491 e. The van der Waals surface area contributed by atoms with Crippen molar-refractivity contribution in [3.05, 3.63) is 28.2 Å². The van der Waals surface area contributed by atoms with E-state index in [2.05, 4.69) is 21.2 Å². The van der Waals surface area contributed by atoms with Gasteiger partial charge in [0, 0.05) is 4.47 Å². The molecule has 1 rings (SSSR count). The molecule has 0 unspecified atom stereocenters. The minimum atomic E-state index is -1.10. The second-order valence-corrected chi connectivity index (χ2v) is 4.19. The van der Waals surface area contributed by atoms with Crippen molar-refractivity contribution in [2.45, 2.75) is 6.92 Å². The molecule has 6 heteroatoms. The first-order valence-corrected chi connectivity index (χ1v) is 5.70. The number of carboxylic acid groups (broad SMARTS) is 1. The highest BCUT2D eigenvalue weighted by molar-refractivity contribution is 9.10. The maximum Gasteiger partial charge on any atom is 0.404 e. The number of rotatable bonds is 5. The SMILES string of the molecule is CC(=O)c1ccc(Br)cc1OCCNC(=O)O. The molecular weight excluding hydrogens is 290 g/mol. The van der Waals surface area contributed by atoms with E-state index in [-0.39, 0.29) is 18.9 Å². The van der Waals surface area contributed by atoms with Gasteiger partial charge < -0.3 is 15.2 Å². The first-order chi connectivity index (χ1) is 8.00. The number of ether oxygens (including phenoxy) is 1. The van der Waals surface area contributed by atoms with E-state index in [0.29, 0.717) is 11.3 Å². The molecule has 1 aromatic rings. The molecule has 0 heterocycles. The van der Waals surface area contributed by atoms with Gasteiger partial charge in [-0.05, 0) is 25.1 Å². The summed E-state index contributed by atoms with van der Waals surface area (Å²) in [5.41, 5.74) is 0.475. The van der Waals surface area contributed by atoms with Crippen LogP contribution in [-0.4, -0.2) is 30.1 Å². The molecule has 5 nitrogen and oxygen atoms in total. The Morgan fingerprint density at radius 3 is 2.76 bits per heavy atom. The van der Waals surface area contributed by atoms with Crippen molar-refractivity contribution >= 4 is 27.8 Å². The van der Waals surface area contributed by atoms with Gasteiger partial charge >= 0.3 is 6.09 Å². The Kier molecular flexibility index (Phi) is 4.96. The van der Waals surface area contributed by atoms with Crippen molar-refractivity contribution in [1.29, 1.82) is 0 Å². The predicted molar refractivity (Wildman–Crippen MR) is 65.7 cm³/mol. The van der Waals surface area contributed by atoms with E-state index >= 15 is 0 Å². The zero-order valence-electron chi connectivity index (χ0n) is 9.20. The summed E-state index contributed by atoms with van der Waals surface area (Å²) in [6.07, 6.45) is -1.10. The summed E-state index contributed by atoms with van der Waals surface area (Å²) >= 11 is 3.28. The van der Waals surface area contributed by atoms with Crippen molar-refractivity contribution in [1.82, 2.24) is 5.32 Å². The molecule has 0 aliphatic carbocycles. The first-order valence-electron chi connectivity index (χ1n) is 4.91. The van der Waals surface area contributed by atoms with E-state index < -0.39 is 6.09 Å². The first kappa shape index (κ1) is 13.5. The number of benzene rings is 1. The van der Waals surface area contributed by atoms with Crippen molar-refractivity contribution in [3.63, 3.8) is 0 Å². The van der Waals surface area contributed by atoms with Crippen LogP contribution in [0.1, 0.15) is 17.3 Å². The number of carbonyl (C=O) groups is 2. The maximum atomic E-state index is 11.3. The zero-order valence-corrected chi connectivity index (χ0v) is 10.8. The average molecular weight is 302 g/mol. The number of halogens is 1. The van der Waals surface area contributed by atoms with E-state index in [0.717, 1.165) is 4.47 Å². The molecule has 0 saturated heterocycles. The van der Waals surface area contributed by atoms with Gasteiger partial charge in [0.05, 0.1) is 12.1 Å². The number of carbonyl (C=O) groups excluding carboxylic acids is 1. The lowest BCUT2D eigenvalue weighted by molar-refractivity contribution is 0.101. The molecule has 17 heavy (non-hydrogen) atoms. The fourth-order valence-corrected chi connectivity index (χ4v) is 1.57. The van der Waals surface area contributed by atoms with E-state index in [9.17, 15) is 9.59 Å². The fraction of sp³-hybridized carbons (Fsp3) is 0.273. The van der Waals surface area contributed by atoms with Crippen molar-refractivity contribution in [2.75, 3.05) is 13.2 Å². The summed E-state index contributed by atoms with van der Waals surface area (Å²) in [7, 11) is 0. The number of hydrogen-bond donors (Lipinski definition) is 2. The van der Waals surface area contributed by atoms with Gasteiger partial charge in [0.15, 0.2) is 5.78 Å². The zero-order chi connectivity index (χ0) is 12.8. The maximum absolute atomic E-state index is 11.3. The highest BCUT2D eigenvalue weighted by atomic mass is 79.9. The summed E-state index contributed by atoms with van der Waals surface area (Å²) in [6, 6.07) is 5.09. The van der Waals surface area contributed by atoms with Crippen LogP contribution in [0.15, 0.2) is 22.7 Å². The lowest BCUT2D eigenvalue weighted by Gasteiger charge is -2.10. The molecule has 0 aliphatic heterocycles. The molecule has 0 saturated carbocycles. The second kappa shape index (κ2) is 6.24. The van der Waals surface area contributed by atoms with Gasteiger partial charge in [0.1, 0.15) is 12.4 Å². The highest BCUT2D eigenvalue weighted by Crippen LogP contribution is 2.24. The molecule has 0 atom stereocenters. The molecule has 0 bridgehead atoms. The Morgan fingerprint density at radius 1 is 1.47 bits per heavy atom. The summed E-state index contributed by atoms with van der Waals surface area (Å²) < 4.78 is 6.15. The van der Waals surface area contributed by atoms with E-state index in [1.165, 1.54) is 6.92 Å². The van der Waals surface area contributed by atoms with Gasteiger partial charge in [0.2, 0.25) is 0 Å². The molecule has 1 aromatic carbocycles. The van der Waals surface area contributed by atoms with Gasteiger partial charge in [-0.25, -0.2) is 4.79 Å². The third kappa shape index (κ3) is 4.44. The van der Waals surface area contributed by atoms with Gasteiger partial charge in [-0.1, -0.05) is 15.9 Å². The topological polar surface area (TPSA) is 75.6 Å². The fourth-order valence-electron chi connectivity index (χ4n) is 1.23. The normalized spacial score (nSPS) is 9.76. The Morgan fingerprint density at radius 2 is 2.18 bits per heavy atom. The van der Waals surface area contributed by atoms with Crippen LogP contribution in [0.3, 0.4) is 0 Å². The molecule has 1 amide bonds. The standard InChI is InChI=1S/C11H12BrNO4/c1-7(14)9-3-2-8(12)6-10(9)17-5-4-13-11(15)16/h2-3,6,13H,4-5H2,1H3,(H,15,16). The van der Waals surface area contributed by atoms with Crippen LogP contribution in [0, 0.1) is 0 Å². The van der Waals surface area contributed by atoms with Gasteiger partial charge in [-0.3, -0.25) is 4.79 Å². The van der Waals surface area contributed by atoms with Crippen LogP contribution in [0.2, 0.25) is 0 Å². The largest absolute Gasteiger partial charge is 0.491 e. The number of ketones is 1. The second-order valence-electron chi connectivity index (χ2n) is 3.28. The predicted octanol–water partition coefficient (Wildman–Crippen LogP) is 2.30. The van der Waals surface area contributed by atoms with E-state index in [4.69, 9.17) is 9.84 Å². The van der Waals surface area contributed by atoms with Crippen molar-refractivity contribution in [3.8, 4) is 5.75 Å². The van der Waals surface area contributed by atoms with Crippen molar-refractivity contribution in [2.24, 2.45) is 0 Å². The van der Waals surface area contributed by atoms with Crippen molar-refractivity contribution < 1.29 is 19.4 Å². The highest BCUT2D eigenvalue weighted by Gasteiger charge is 2.08. The monoisotopic (exact) mass is 301 g/mol. The molecule has 0 aliphatic rings. The molecule has 92 valence electrons.